The molecule has 5 heteroatoms. The van der Waals surface area contributed by atoms with E-state index in [0.717, 1.165) is 27.5 Å². The van der Waals surface area contributed by atoms with Gasteiger partial charge in [0.05, 0.1) is 7.11 Å². The quantitative estimate of drug-likeness (QED) is 0.630. The zero-order chi connectivity index (χ0) is 18.1. The number of aryl methyl sites for hydroxylation is 1. The molecule has 0 bridgehead atoms. The molecule has 0 aliphatic carbocycles. The van der Waals surface area contributed by atoms with E-state index < -0.39 is 12.1 Å². The second-order valence-corrected chi connectivity index (χ2v) is 6.65. The molecule has 0 aromatic heterocycles. The molecule has 0 saturated carbocycles. The standard InChI is InChI=1S/C20H16Cl2O3/c1-11-9-13-10-15(22)7-8-16(13)18(12-3-5-14(21)6-4-12)17(11)19(23)20(24)25-2/h3-10,19,23H,1-2H3. The lowest BCUT2D eigenvalue weighted by atomic mass is 9.87. The maximum Gasteiger partial charge on any atom is 0.339 e. The first-order valence-electron chi connectivity index (χ1n) is 7.67. The van der Waals surface area contributed by atoms with Gasteiger partial charge in [0.1, 0.15) is 0 Å². The fraction of sp³-hybridized carbons (Fsp3) is 0.150. The van der Waals surface area contributed by atoms with Crippen molar-refractivity contribution in [2.75, 3.05) is 7.11 Å². The van der Waals surface area contributed by atoms with Crippen molar-refractivity contribution in [2.45, 2.75) is 13.0 Å². The summed E-state index contributed by atoms with van der Waals surface area (Å²) < 4.78 is 4.73. The van der Waals surface area contributed by atoms with E-state index in [0.29, 0.717) is 15.6 Å². The fourth-order valence-electron chi connectivity index (χ4n) is 3.04. The highest BCUT2D eigenvalue weighted by atomic mass is 35.5. The van der Waals surface area contributed by atoms with Gasteiger partial charge in [0.2, 0.25) is 0 Å². The summed E-state index contributed by atoms with van der Waals surface area (Å²) in [5.74, 6) is -0.702. The van der Waals surface area contributed by atoms with Crippen molar-refractivity contribution in [3.05, 3.63) is 69.7 Å². The van der Waals surface area contributed by atoms with Crippen LogP contribution in [0.4, 0.5) is 0 Å². The Morgan fingerprint density at radius 2 is 1.68 bits per heavy atom. The Kier molecular flexibility index (Phi) is 5.00. The highest BCUT2D eigenvalue weighted by Crippen LogP contribution is 2.39. The van der Waals surface area contributed by atoms with Gasteiger partial charge in [-0.3, -0.25) is 0 Å². The largest absolute Gasteiger partial charge is 0.467 e. The molecule has 1 unspecified atom stereocenters. The van der Waals surface area contributed by atoms with Gasteiger partial charge in [0.25, 0.3) is 0 Å². The summed E-state index contributed by atoms with van der Waals surface area (Å²) in [5, 5.41) is 13.6. The van der Waals surface area contributed by atoms with E-state index in [-0.39, 0.29) is 0 Å². The molecule has 3 aromatic rings. The summed E-state index contributed by atoms with van der Waals surface area (Å²) in [7, 11) is 1.25. The minimum atomic E-state index is -1.38. The third-order valence-corrected chi connectivity index (χ3v) is 4.67. The smallest absolute Gasteiger partial charge is 0.339 e. The summed E-state index contributed by atoms with van der Waals surface area (Å²) in [4.78, 5) is 12.0. The minimum absolute atomic E-state index is 0.518. The van der Waals surface area contributed by atoms with E-state index >= 15 is 0 Å². The summed E-state index contributed by atoms with van der Waals surface area (Å²) in [6.45, 7) is 1.85. The Labute approximate surface area is 155 Å². The predicted octanol–water partition coefficient (Wildman–Crippen LogP) is 5.33. The molecule has 0 aliphatic heterocycles. The predicted molar refractivity (Wildman–Crippen MR) is 101 cm³/mol. The zero-order valence-corrected chi connectivity index (χ0v) is 15.2. The molecular weight excluding hydrogens is 359 g/mol. The van der Waals surface area contributed by atoms with Gasteiger partial charge < -0.3 is 9.84 Å². The second kappa shape index (κ2) is 7.04. The molecule has 1 N–H and O–H groups in total. The van der Waals surface area contributed by atoms with Gasteiger partial charge in [-0.25, -0.2) is 4.79 Å². The van der Waals surface area contributed by atoms with Crippen LogP contribution in [0.2, 0.25) is 10.0 Å². The lowest BCUT2D eigenvalue weighted by Crippen LogP contribution is -2.16. The first-order chi connectivity index (χ1) is 11.9. The molecule has 3 rings (SSSR count). The summed E-state index contributed by atoms with van der Waals surface area (Å²) in [6.07, 6.45) is -1.38. The van der Waals surface area contributed by atoms with Crippen LogP contribution in [0.1, 0.15) is 17.2 Å². The van der Waals surface area contributed by atoms with Crippen LogP contribution >= 0.6 is 23.2 Å². The van der Waals surface area contributed by atoms with Crippen LogP contribution in [0.15, 0.2) is 48.5 Å². The van der Waals surface area contributed by atoms with Crippen molar-refractivity contribution in [2.24, 2.45) is 0 Å². The molecule has 25 heavy (non-hydrogen) atoms. The number of halogens is 2. The fourth-order valence-corrected chi connectivity index (χ4v) is 3.35. The van der Waals surface area contributed by atoms with Gasteiger partial charge in [-0.05, 0) is 58.7 Å². The summed E-state index contributed by atoms with van der Waals surface area (Å²) in [6, 6.07) is 14.7. The van der Waals surface area contributed by atoms with Gasteiger partial charge in [0.15, 0.2) is 6.10 Å². The van der Waals surface area contributed by atoms with E-state index in [1.807, 2.05) is 37.3 Å². The normalized spacial score (nSPS) is 12.2. The molecule has 0 radical (unpaired) electrons. The molecule has 0 spiro atoms. The monoisotopic (exact) mass is 374 g/mol. The molecule has 0 heterocycles. The van der Waals surface area contributed by atoms with Gasteiger partial charge in [0, 0.05) is 15.6 Å². The number of esters is 1. The summed E-state index contributed by atoms with van der Waals surface area (Å²) in [5.41, 5.74) is 2.90. The molecule has 0 fully saturated rings. The second-order valence-electron chi connectivity index (χ2n) is 5.78. The molecule has 0 aliphatic rings. The van der Waals surface area contributed by atoms with Crippen molar-refractivity contribution < 1.29 is 14.6 Å². The van der Waals surface area contributed by atoms with Crippen molar-refractivity contribution >= 4 is 39.9 Å². The first-order valence-corrected chi connectivity index (χ1v) is 8.42. The lowest BCUT2D eigenvalue weighted by Gasteiger charge is -2.20. The number of ether oxygens (including phenoxy) is 1. The molecule has 0 saturated heterocycles. The van der Waals surface area contributed by atoms with E-state index in [1.54, 1.807) is 18.2 Å². The van der Waals surface area contributed by atoms with Crippen LogP contribution < -0.4 is 0 Å². The highest BCUT2D eigenvalue weighted by molar-refractivity contribution is 6.31. The van der Waals surface area contributed by atoms with E-state index in [9.17, 15) is 9.90 Å². The van der Waals surface area contributed by atoms with Crippen molar-refractivity contribution in [1.29, 1.82) is 0 Å². The summed E-state index contributed by atoms with van der Waals surface area (Å²) >= 11 is 12.1. The third kappa shape index (κ3) is 3.36. The number of carbonyl (C=O) groups is 1. The number of rotatable bonds is 3. The van der Waals surface area contributed by atoms with Gasteiger partial charge in [-0.15, -0.1) is 0 Å². The molecular formula is C20H16Cl2O3. The number of aliphatic hydroxyl groups excluding tert-OH is 1. The van der Waals surface area contributed by atoms with Gasteiger partial charge in [-0.1, -0.05) is 47.5 Å². The number of hydrogen-bond acceptors (Lipinski definition) is 3. The van der Waals surface area contributed by atoms with Crippen LogP contribution in [0.3, 0.4) is 0 Å². The van der Waals surface area contributed by atoms with Crippen LogP contribution in [-0.2, 0) is 9.53 Å². The number of hydrogen-bond donors (Lipinski definition) is 1. The molecule has 3 aromatic carbocycles. The number of benzene rings is 3. The van der Waals surface area contributed by atoms with Crippen LogP contribution in [0, 0.1) is 6.92 Å². The molecule has 1 atom stereocenters. The van der Waals surface area contributed by atoms with Crippen LogP contribution in [-0.4, -0.2) is 18.2 Å². The lowest BCUT2D eigenvalue weighted by molar-refractivity contribution is -0.150. The van der Waals surface area contributed by atoms with E-state index in [1.165, 1.54) is 7.11 Å². The van der Waals surface area contributed by atoms with E-state index in [4.69, 9.17) is 27.9 Å². The number of carbonyl (C=O) groups excluding carboxylic acids is 1. The zero-order valence-electron chi connectivity index (χ0n) is 13.7. The Balaban J connectivity index is 2.39. The Bertz CT molecular complexity index is 949. The average molecular weight is 375 g/mol. The topological polar surface area (TPSA) is 46.5 Å². The Hall–Kier alpha value is -2.07. The van der Waals surface area contributed by atoms with Crippen LogP contribution in [0.25, 0.3) is 21.9 Å². The molecule has 128 valence electrons. The highest BCUT2D eigenvalue weighted by Gasteiger charge is 2.25. The number of aliphatic hydroxyl groups is 1. The van der Waals surface area contributed by atoms with Crippen molar-refractivity contribution in [3.8, 4) is 11.1 Å². The Morgan fingerprint density at radius 1 is 1.04 bits per heavy atom. The van der Waals surface area contributed by atoms with E-state index in [2.05, 4.69) is 0 Å². The Morgan fingerprint density at radius 3 is 2.32 bits per heavy atom. The first kappa shape index (κ1) is 17.7. The molecule has 0 amide bonds. The van der Waals surface area contributed by atoms with Crippen molar-refractivity contribution in [3.63, 3.8) is 0 Å². The number of methoxy groups -OCH3 is 1. The van der Waals surface area contributed by atoms with Crippen LogP contribution in [0.5, 0.6) is 0 Å². The minimum Gasteiger partial charge on any atom is -0.467 e. The third-order valence-electron chi connectivity index (χ3n) is 4.18. The van der Waals surface area contributed by atoms with Gasteiger partial charge in [-0.2, -0.15) is 0 Å². The maximum atomic E-state index is 12.0. The SMILES string of the molecule is COC(=O)C(O)c1c(C)cc2cc(Cl)ccc2c1-c1ccc(Cl)cc1. The molecule has 3 nitrogen and oxygen atoms in total. The van der Waals surface area contributed by atoms with Crippen molar-refractivity contribution in [1.82, 2.24) is 0 Å². The average Bonchev–Trinajstić information content (AvgIpc) is 2.60. The maximum absolute atomic E-state index is 12.0. The van der Waals surface area contributed by atoms with Gasteiger partial charge >= 0.3 is 5.97 Å². The number of fused-ring (bicyclic) bond motifs is 1.